The van der Waals surface area contributed by atoms with Gasteiger partial charge in [0.05, 0.1) is 25.2 Å². The van der Waals surface area contributed by atoms with Crippen LogP contribution >= 0.6 is 0 Å². The molecule has 0 radical (unpaired) electrons. The van der Waals surface area contributed by atoms with E-state index in [9.17, 15) is 19.8 Å². The minimum atomic E-state index is -0.787. The molecule has 0 aliphatic carbocycles. The molecular formula is C49H91NO5. The van der Waals surface area contributed by atoms with Gasteiger partial charge >= 0.3 is 5.97 Å². The van der Waals surface area contributed by atoms with Crippen molar-refractivity contribution in [2.75, 3.05) is 6.61 Å². The summed E-state index contributed by atoms with van der Waals surface area (Å²) in [6, 6.07) is -0.701. The zero-order valence-electron chi connectivity index (χ0n) is 36.6. The minimum Gasteiger partial charge on any atom is -0.462 e. The number of nitrogens with one attached hydrogen (secondary N) is 1. The Morgan fingerprint density at radius 3 is 1.47 bits per heavy atom. The Kier molecular flexibility index (Phi) is 41.7. The van der Waals surface area contributed by atoms with Gasteiger partial charge in [-0.25, -0.2) is 0 Å². The smallest absolute Gasteiger partial charge is 0.306 e. The molecule has 0 aromatic carbocycles. The highest BCUT2D eigenvalue weighted by Crippen LogP contribution is 2.18. The number of esters is 1. The van der Waals surface area contributed by atoms with Crippen LogP contribution in [0.5, 0.6) is 0 Å². The van der Waals surface area contributed by atoms with E-state index in [1.54, 1.807) is 0 Å². The van der Waals surface area contributed by atoms with Crippen LogP contribution in [-0.2, 0) is 14.3 Å². The summed E-state index contributed by atoms with van der Waals surface area (Å²) >= 11 is 0. The van der Waals surface area contributed by atoms with Crippen molar-refractivity contribution in [3.8, 4) is 0 Å². The van der Waals surface area contributed by atoms with Crippen molar-refractivity contribution in [3.05, 3.63) is 36.5 Å². The van der Waals surface area contributed by atoms with Crippen LogP contribution in [0.2, 0.25) is 0 Å². The number of allylic oxidation sites excluding steroid dienone is 6. The molecule has 1 amide bonds. The van der Waals surface area contributed by atoms with Crippen LogP contribution in [0, 0.1) is 0 Å². The third-order valence-corrected chi connectivity index (χ3v) is 10.8. The number of aliphatic hydroxyl groups excluding tert-OH is 2. The second-order valence-corrected chi connectivity index (χ2v) is 16.2. The zero-order valence-corrected chi connectivity index (χ0v) is 36.6. The third kappa shape index (κ3) is 38.7. The summed E-state index contributed by atoms with van der Waals surface area (Å²) in [7, 11) is 0. The molecule has 0 spiro atoms. The van der Waals surface area contributed by atoms with Crippen molar-refractivity contribution in [1.29, 1.82) is 0 Å². The van der Waals surface area contributed by atoms with Gasteiger partial charge in [-0.15, -0.1) is 0 Å². The van der Waals surface area contributed by atoms with E-state index in [0.29, 0.717) is 19.3 Å². The maximum absolute atomic E-state index is 13.1. The molecule has 3 N–H and O–H groups in total. The Morgan fingerprint density at radius 1 is 0.545 bits per heavy atom. The number of amides is 1. The number of hydrogen-bond donors (Lipinski definition) is 3. The van der Waals surface area contributed by atoms with Crippen LogP contribution < -0.4 is 5.32 Å². The third-order valence-electron chi connectivity index (χ3n) is 10.8. The molecule has 0 rings (SSSR count). The Hall–Kier alpha value is -1.92. The highest BCUT2D eigenvalue weighted by molar-refractivity contribution is 5.77. The van der Waals surface area contributed by atoms with E-state index in [1.807, 2.05) is 0 Å². The second-order valence-electron chi connectivity index (χ2n) is 16.2. The largest absolute Gasteiger partial charge is 0.462 e. The Morgan fingerprint density at radius 2 is 0.982 bits per heavy atom. The van der Waals surface area contributed by atoms with Crippen LogP contribution in [0.4, 0.5) is 0 Å². The number of carbonyl (C=O) groups excluding carboxylic acids is 2. The van der Waals surface area contributed by atoms with Crippen molar-refractivity contribution >= 4 is 11.9 Å². The van der Waals surface area contributed by atoms with Gasteiger partial charge in [0.1, 0.15) is 6.10 Å². The topological polar surface area (TPSA) is 95.9 Å². The SMILES string of the molecule is CC/C=C/C=C/C=C\CCCCCCCC(=O)OC(CCCCCCCCCCCC)CC(=O)NC(CO)C(O)CCCCCCCCCCCCCCC. The average Bonchev–Trinajstić information content (AvgIpc) is 3.18. The molecule has 6 nitrogen and oxygen atoms in total. The first-order chi connectivity index (χ1) is 27.0. The van der Waals surface area contributed by atoms with E-state index in [1.165, 1.54) is 122 Å². The summed E-state index contributed by atoms with van der Waals surface area (Å²) in [6.07, 6.45) is 49.1. The number of hydrogen-bond acceptors (Lipinski definition) is 5. The Balaban J connectivity index is 4.55. The number of carbonyl (C=O) groups is 2. The first-order valence-electron chi connectivity index (χ1n) is 23.7. The first kappa shape index (κ1) is 53.1. The van der Waals surface area contributed by atoms with Crippen molar-refractivity contribution in [3.63, 3.8) is 0 Å². The summed E-state index contributed by atoms with van der Waals surface area (Å²) in [5.74, 6) is -0.492. The average molecular weight is 774 g/mol. The standard InChI is InChI=1S/C49H91NO5/c1-4-7-10-13-16-19-22-24-26-29-32-35-38-41-47(52)46(44-51)50-48(53)43-45(40-37-34-31-28-21-18-15-12-9-6-3)55-49(54)42-39-36-33-30-27-25-23-20-17-14-11-8-5-2/h8,11,14,17,20,23,45-47,51-52H,4-7,9-10,12-13,15-16,18-19,21-22,24-44H2,1-3H3,(H,50,53)/b11-8+,17-14+,23-20-. The zero-order chi connectivity index (χ0) is 40.3. The Labute approximate surface area is 341 Å². The normalized spacial score (nSPS) is 13.6. The molecule has 0 fully saturated rings. The molecule has 0 aromatic rings. The Bertz CT molecular complexity index is 915. The van der Waals surface area contributed by atoms with Gasteiger partial charge < -0.3 is 20.3 Å². The molecule has 0 aromatic heterocycles. The maximum atomic E-state index is 13.1. The molecule has 0 saturated heterocycles. The van der Waals surface area contributed by atoms with Crippen molar-refractivity contribution < 1.29 is 24.5 Å². The van der Waals surface area contributed by atoms with Crippen LogP contribution in [0.25, 0.3) is 0 Å². The fourth-order valence-corrected chi connectivity index (χ4v) is 7.19. The van der Waals surface area contributed by atoms with Gasteiger partial charge in [-0.05, 0) is 44.9 Å². The number of aliphatic hydroxyl groups is 2. The monoisotopic (exact) mass is 774 g/mol. The summed E-state index contributed by atoms with van der Waals surface area (Å²) < 4.78 is 5.89. The van der Waals surface area contributed by atoms with Crippen LogP contribution in [-0.4, -0.2) is 46.9 Å². The fourth-order valence-electron chi connectivity index (χ4n) is 7.19. The van der Waals surface area contributed by atoms with Gasteiger partial charge in [-0.1, -0.05) is 218 Å². The van der Waals surface area contributed by atoms with Crippen LogP contribution in [0.15, 0.2) is 36.5 Å². The summed E-state index contributed by atoms with van der Waals surface area (Å²) in [4.78, 5) is 26.0. The van der Waals surface area contributed by atoms with Crippen molar-refractivity contribution in [2.45, 2.75) is 257 Å². The van der Waals surface area contributed by atoms with Gasteiger partial charge in [0.25, 0.3) is 0 Å². The van der Waals surface area contributed by atoms with Crippen molar-refractivity contribution in [1.82, 2.24) is 5.32 Å². The lowest BCUT2D eigenvalue weighted by molar-refractivity contribution is -0.151. The van der Waals surface area contributed by atoms with Gasteiger partial charge in [-0.2, -0.15) is 0 Å². The molecule has 6 heteroatoms. The molecule has 55 heavy (non-hydrogen) atoms. The van der Waals surface area contributed by atoms with E-state index in [2.05, 4.69) is 62.5 Å². The predicted octanol–water partition coefficient (Wildman–Crippen LogP) is 13.7. The maximum Gasteiger partial charge on any atom is 0.306 e. The predicted molar refractivity (Wildman–Crippen MR) is 236 cm³/mol. The minimum absolute atomic E-state index is 0.0721. The summed E-state index contributed by atoms with van der Waals surface area (Å²) in [5, 5.41) is 23.7. The van der Waals surface area contributed by atoms with E-state index < -0.39 is 18.2 Å². The number of rotatable bonds is 42. The molecule has 322 valence electrons. The van der Waals surface area contributed by atoms with Gasteiger partial charge in [0.2, 0.25) is 5.91 Å². The second kappa shape index (κ2) is 43.2. The molecule has 0 aliphatic rings. The molecule has 3 atom stereocenters. The van der Waals surface area contributed by atoms with Crippen LogP contribution in [0.3, 0.4) is 0 Å². The van der Waals surface area contributed by atoms with Crippen LogP contribution in [0.1, 0.15) is 239 Å². The van der Waals surface area contributed by atoms with E-state index in [-0.39, 0.29) is 24.9 Å². The first-order valence-corrected chi connectivity index (χ1v) is 23.7. The lowest BCUT2D eigenvalue weighted by Gasteiger charge is -2.24. The van der Waals surface area contributed by atoms with Crippen molar-refractivity contribution in [2.24, 2.45) is 0 Å². The quantitative estimate of drug-likeness (QED) is 0.0326. The number of ether oxygens (including phenoxy) is 1. The molecule has 0 saturated carbocycles. The highest BCUT2D eigenvalue weighted by Gasteiger charge is 2.24. The highest BCUT2D eigenvalue weighted by atomic mass is 16.5. The van der Waals surface area contributed by atoms with E-state index >= 15 is 0 Å². The molecule has 0 bridgehead atoms. The molecule has 0 aliphatic heterocycles. The molecule has 0 heterocycles. The lowest BCUT2D eigenvalue weighted by atomic mass is 10.0. The summed E-state index contributed by atoms with van der Waals surface area (Å²) in [6.45, 7) is 6.34. The summed E-state index contributed by atoms with van der Waals surface area (Å²) in [5.41, 5.74) is 0. The van der Waals surface area contributed by atoms with E-state index in [0.717, 1.165) is 70.6 Å². The lowest BCUT2D eigenvalue weighted by Crippen LogP contribution is -2.46. The fraction of sp³-hybridized carbons (Fsp3) is 0.837. The molecule has 3 unspecified atom stereocenters. The van der Waals surface area contributed by atoms with Gasteiger partial charge in [0, 0.05) is 6.42 Å². The van der Waals surface area contributed by atoms with Gasteiger partial charge in [-0.3, -0.25) is 9.59 Å². The molecular weight excluding hydrogens is 683 g/mol. The number of unbranched alkanes of at least 4 members (excludes halogenated alkanes) is 26. The van der Waals surface area contributed by atoms with Gasteiger partial charge in [0.15, 0.2) is 0 Å². The van der Waals surface area contributed by atoms with E-state index in [4.69, 9.17) is 4.74 Å².